The second kappa shape index (κ2) is 8.76. The van der Waals surface area contributed by atoms with Crippen molar-refractivity contribution >= 4 is 11.6 Å². The number of piperidine rings is 1. The summed E-state index contributed by atoms with van der Waals surface area (Å²) in [6.07, 6.45) is 4.54. The largest absolute Gasteiger partial charge is 0.489 e. The third-order valence-electron chi connectivity index (χ3n) is 5.30. The van der Waals surface area contributed by atoms with Crippen molar-refractivity contribution in [2.75, 3.05) is 19.6 Å². The van der Waals surface area contributed by atoms with Crippen LogP contribution in [0.15, 0.2) is 66.9 Å². The van der Waals surface area contributed by atoms with E-state index in [1.807, 2.05) is 30.5 Å². The number of benzene rings is 2. The lowest BCUT2D eigenvalue weighted by atomic mass is 10.1. The maximum atomic E-state index is 6.19. The molecule has 0 N–H and O–H groups in total. The molecule has 0 aliphatic carbocycles. The van der Waals surface area contributed by atoms with Crippen LogP contribution in [0.1, 0.15) is 19.8 Å². The molecule has 1 saturated heterocycles. The molecule has 3 nitrogen and oxygen atoms in total. The Morgan fingerprint density at radius 2 is 1.68 bits per heavy atom. The van der Waals surface area contributed by atoms with E-state index in [4.69, 9.17) is 16.3 Å². The van der Waals surface area contributed by atoms with Gasteiger partial charge in [0, 0.05) is 28.9 Å². The lowest BCUT2D eigenvalue weighted by Gasteiger charge is -2.32. The molecule has 1 fully saturated rings. The summed E-state index contributed by atoms with van der Waals surface area (Å²) < 4.78 is 6.19. The van der Waals surface area contributed by atoms with Gasteiger partial charge in [-0.2, -0.15) is 0 Å². The summed E-state index contributed by atoms with van der Waals surface area (Å²) in [5.41, 5.74) is 4.24. The fraction of sp³-hybridized carbons (Fsp3) is 0.292. The van der Waals surface area contributed by atoms with Crippen LogP contribution in [-0.2, 0) is 0 Å². The minimum atomic E-state index is 0.288. The van der Waals surface area contributed by atoms with Crippen molar-refractivity contribution in [3.8, 4) is 28.1 Å². The Hall–Kier alpha value is -2.36. The number of halogens is 1. The van der Waals surface area contributed by atoms with E-state index in [0.29, 0.717) is 0 Å². The number of rotatable bonds is 5. The first-order valence-electron chi connectivity index (χ1n) is 9.92. The van der Waals surface area contributed by atoms with Crippen LogP contribution in [-0.4, -0.2) is 35.6 Å². The number of ether oxygens (including phenoxy) is 1. The van der Waals surface area contributed by atoms with Crippen molar-refractivity contribution in [1.82, 2.24) is 9.88 Å². The topological polar surface area (TPSA) is 25.4 Å². The predicted octanol–water partition coefficient (Wildman–Crippen LogP) is 5.93. The smallest absolute Gasteiger partial charge is 0.119 e. The molecule has 2 heterocycles. The highest BCUT2D eigenvalue weighted by Gasteiger charge is 2.20. The van der Waals surface area contributed by atoms with Crippen LogP contribution in [0.2, 0.25) is 5.02 Å². The first-order valence-corrected chi connectivity index (χ1v) is 10.3. The predicted molar refractivity (Wildman–Crippen MR) is 116 cm³/mol. The zero-order valence-electron chi connectivity index (χ0n) is 16.1. The van der Waals surface area contributed by atoms with E-state index < -0.39 is 0 Å². The van der Waals surface area contributed by atoms with Gasteiger partial charge >= 0.3 is 0 Å². The molecule has 28 heavy (non-hydrogen) atoms. The number of hydrogen-bond acceptors (Lipinski definition) is 3. The fourth-order valence-electron chi connectivity index (χ4n) is 3.67. The number of likely N-dealkylation sites (tertiary alicyclic amines) is 1. The van der Waals surface area contributed by atoms with E-state index >= 15 is 0 Å². The molecule has 0 spiro atoms. The van der Waals surface area contributed by atoms with Gasteiger partial charge < -0.3 is 4.74 Å². The quantitative estimate of drug-likeness (QED) is 0.537. The van der Waals surface area contributed by atoms with Gasteiger partial charge in [-0.1, -0.05) is 36.7 Å². The number of aromatic nitrogens is 1. The Kier molecular flexibility index (Phi) is 5.94. The van der Waals surface area contributed by atoms with Gasteiger partial charge in [0.15, 0.2) is 0 Å². The van der Waals surface area contributed by atoms with Crippen molar-refractivity contribution < 1.29 is 4.74 Å². The Bertz CT molecular complexity index is 891. The molecule has 0 saturated carbocycles. The number of hydrogen-bond donors (Lipinski definition) is 0. The third-order valence-corrected chi connectivity index (χ3v) is 5.56. The minimum absolute atomic E-state index is 0.288. The minimum Gasteiger partial charge on any atom is -0.489 e. The maximum Gasteiger partial charge on any atom is 0.119 e. The molecule has 3 aromatic rings. The standard InChI is InChI=1S/C24H25ClN2O/c1-2-27-15-3-4-23(17-27)28-22-12-7-19(8-13-22)24-14-9-20(16-26-24)18-5-10-21(25)11-6-18/h5-14,16,23H,2-4,15,17H2,1H3. The average Bonchev–Trinajstić information content (AvgIpc) is 2.75. The first-order chi connectivity index (χ1) is 13.7. The second-order valence-electron chi connectivity index (χ2n) is 7.24. The van der Waals surface area contributed by atoms with Crippen LogP contribution in [0.3, 0.4) is 0 Å². The molecule has 144 valence electrons. The van der Waals surface area contributed by atoms with Crippen molar-refractivity contribution in [3.05, 3.63) is 71.9 Å². The molecule has 1 atom stereocenters. The molecule has 4 rings (SSSR count). The van der Waals surface area contributed by atoms with Gasteiger partial charge in [-0.05, 0) is 74.0 Å². The Morgan fingerprint density at radius 3 is 2.36 bits per heavy atom. The average molecular weight is 393 g/mol. The van der Waals surface area contributed by atoms with Crippen molar-refractivity contribution in [2.24, 2.45) is 0 Å². The number of nitrogens with zero attached hydrogens (tertiary/aromatic N) is 2. The van der Waals surface area contributed by atoms with E-state index in [-0.39, 0.29) is 6.10 Å². The highest BCUT2D eigenvalue weighted by Crippen LogP contribution is 2.26. The van der Waals surface area contributed by atoms with Gasteiger partial charge in [-0.25, -0.2) is 0 Å². The van der Waals surface area contributed by atoms with Crippen LogP contribution in [0.4, 0.5) is 0 Å². The Labute approximate surface area is 171 Å². The molecule has 1 aliphatic rings. The first kappa shape index (κ1) is 19.0. The lowest BCUT2D eigenvalue weighted by molar-refractivity contribution is 0.0920. The van der Waals surface area contributed by atoms with Crippen LogP contribution >= 0.6 is 11.6 Å². The van der Waals surface area contributed by atoms with Crippen molar-refractivity contribution in [3.63, 3.8) is 0 Å². The highest BCUT2D eigenvalue weighted by atomic mass is 35.5. The zero-order chi connectivity index (χ0) is 19.3. The Balaban J connectivity index is 1.43. The monoisotopic (exact) mass is 392 g/mol. The summed E-state index contributed by atoms with van der Waals surface area (Å²) >= 11 is 5.96. The van der Waals surface area contributed by atoms with Crippen LogP contribution in [0, 0.1) is 0 Å². The third kappa shape index (κ3) is 4.54. The van der Waals surface area contributed by atoms with Crippen LogP contribution < -0.4 is 4.74 Å². The van der Waals surface area contributed by atoms with Gasteiger partial charge in [-0.3, -0.25) is 9.88 Å². The van der Waals surface area contributed by atoms with Gasteiger partial charge in [0.05, 0.1) is 5.69 Å². The summed E-state index contributed by atoms with van der Waals surface area (Å²) in [5, 5.41) is 0.742. The van der Waals surface area contributed by atoms with E-state index in [9.17, 15) is 0 Å². The van der Waals surface area contributed by atoms with Crippen LogP contribution in [0.5, 0.6) is 5.75 Å². The molecule has 1 unspecified atom stereocenters. The molecule has 1 aliphatic heterocycles. The fourth-order valence-corrected chi connectivity index (χ4v) is 3.80. The molecule has 4 heteroatoms. The van der Waals surface area contributed by atoms with Crippen molar-refractivity contribution in [1.29, 1.82) is 0 Å². The van der Waals surface area contributed by atoms with E-state index in [1.165, 1.54) is 13.0 Å². The summed E-state index contributed by atoms with van der Waals surface area (Å²) in [7, 11) is 0. The van der Waals surface area contributed by atoms with Gasteiger partial charge in [0.25, 0.3) is 0 Å². The lowest BCUT2D eigenvalue weighted by Crippen LogP contribution is -2.40. The molecule has 0 amide bonds. The van der Waals surface area contributed by atoms with Crippen LogP contribution in [0.25, 0.3) is 22.4 Å². The molecular weight excluding hydrogens is 368 g/mol. The molecular formula is C24H25ClN2O. The molecule has 0 radical (unpaired) electrons. The van der Waals surface area contributed by atoms with E-state index in [1.54, 1.807) is 0 Å². The summed E-state index contributed by atoms with van der Waals surface area (Å²) in [5.74, 6) is 0.935. The van der Waals surface area contributed by atoms with Crippen molar-refractivity contribution in [2.45, 2.75) is 25.9 Å². The SMILES string of the molecule is CCN1CCCC(Oc2ccc(-c3ccc(-c4ccc(Cl)cc4)cn3)cc2)C1. The highest BCUT2D eigenvalue weighted by molar-refractivity contribution is 6.30. The van der Waals surface area contributed by atoms with E-state index in [2.05, 4.69) is 53.2 Å². The zero-order valence-corrected chi connectivity index (χ0v) is 16.9. The second-order valence-corrected chi connectivity index (χ2v) is 7.68. The summed E-state index contributed by atoms with van der Waals surface area (Å²) in [4.78, 5) is 7.09. The molecule has 0 bridgehead atoms. The number of pyridine rings is 1. The van der Waals surface area contributed by atoms with Gasteiger partial charge in [-0.15, -0.1) is 0 Å². The van der Waals surface area contributed by atoms with Gasteiger partial charge in [0.2, 0.25) is 0 Å². The number of likely N-dealkylation sites (N-methyl/N-ethyl adjacent to an activating group) is 1. The Morgan fingerprint density at radius 1 is 0.964 bits per heavy atom. The summed E-state index contributed by atoms with van der Waals surface area (Å²) in [6, 6.07) is 20.2. The van der Waals surface area contributed by atoms with Gasteiger partial charge in [0.1, 0.15) is 11.9 Å². The molecule has 2 aromatic carbocycles. The maximum absolute atomic E-state index is 6.19. The van der Waals surface area contributed by atoms with E-state index in [0.717, 1.165) is 52.7 Å². The normalized spacial score (nSPS) is 17.4. The summed E-state index contributed by atoms with van der Waals surface area (Å²) in [6.45, 7) is 5.51. The molecule has 1 aromatic heterocycles.